The van der Waals surface area contributed by atoms with Crippen LogP contribution in [-0.4, -0.2) is 23.4 Å². The highest BCUT2D eigenvalue weighted by Gasteiger charge is 2.63. The predicted octanol–water partition coefficient (Wildman–Crippen LogP) is 3.39. The normalized spacial score (nSPS) is 26.7. The van der Waals surface area contributed by atoms with E-state index in [2.05, 4.69) is 0 Å². The van der Waals surface area contributed by atoms with Crippen molar-refractivity contribution in [3.05, 3.63) is 11.6 Å². The Kier molecular flexibility index (Phi) is 3.21. The van der Waals surface area contributed by atoms with E-state index >= 15 is 0 Å². The number of carbonyl (C=O) groups is 1. The molecule has 18 heavy (non-hydrogen) atoms. The molecule has 1 fully saturated rings. The second kappa shape index (κ2) is 3.89. The molecule has 1 N–H and O–H groups in total. The average Bonchev–Trinajstić information content (AvgIpc) is 2.59. The molecule has 0 saturated heterocycles. The van der Waals surface area contributed by atoms with Crippen LogP contribution >= 0.6 is 0 Å². The first kappa shape index (κ1) is 14.8. The third-order valence-corrected chi connectivity index (χ3v) is 3.13. The van der Waals surface area contributed by atoms with Gasteiger partial charge in [-0.05, 0) is 11.3 Å². The predicted molar refractivity (Wildman–Crippen MR) is 48.6 cm³/mol. The fourth-order valence-electron chi connectivity index (χ4n) is 1.99. The largest absolute Gasteiger partial charge is 0.481 e. The number of carboxylic acid groups (broad SMARTS) is 1. The second-order valence-corrected chi connectivity index (χ2v) is 4.74. The summed E-state index contributed by atoms with van der Waals surface area (Å²) in [5.74, 6) is -3.89. The fourth-order valence-corrected chi connectivity index (χ4v) is 1.99. The molecule has 1 aliphatic rings. The first-order valence-corrected chi connectivity index (χ1v) is 4.88. The lowest BCUT2D eigenvalue weighted by molar-refractivity contribution is -0.172. The van der Waals surface area contributed by atoms with Crippen LogP contribution in [0.4, 0.5) is 26.3 Å². The molecule has 0 radical (unpaired) electrons. The lowest BCUT2D eigenvalue weighted by Gasteiger charge is -2.15. The number of carboxylic acids is 1. The van der Waals surface area contributed by atoms with Gasteiger partial charge in [-0.15, -0.1) is 0 Å². The zero-order valence-corrected chi connectivity index (χ0v) is 9.36. The van der Waals surface area contributed by atoms with Crippen molar-refractivity contribution in [1.82, 2.24) is 0 Å². The highest BCUT2D eigenvalue weighted by atomic mass is 19.4. The Labute approximate surface area is 98.3 Å². The van der Waals surface area contributed by atoms with E-state index in [9.17, 15) is 31.1 Å². The van der Waals surface area contributed by atoms with Gasteiger partial charge in [0.2, 0.25) is 0 Å². The molecule has 1 saturated carbocycles. The van der Waals surface area contributed by atoms with Crippen LogP contribution < -0.4 is 0 Å². The fraction of sp³-hybridized carbons (Fsp3) is 0.700. The highest BCUT2D eigenvalue weighted by Crippen LogP contribution is 2.60. The van der Waals surface area contributed by atoms with E-state index in [1.54, 1.807) is 0 Å². The van der Waals surface area contributed by atoms with E-state index in [1.807, 2.05) is 0 Å². The van der Waals surface area contributed by atoms with E-state index in [1.165, 1.54) is 13.8 Å². The molecule has 1 rings (SSSR count). The maximum absolute atomic E-state index is 12.2. The van der Waals surface area contributed by atoms with Crippen molar-refractivity contribution in [3.63, 3.8) is 0 Å². The Hall–Kier alpha value is -1.21. The number of aliphatic carboxylic acids is 1. The van der Waals surface area contributed by atoms with E-state index in [0.29, 0.717) is 0 Å². The van der Waals surface area contributed by atoms with Gasteiger partial charge < -0.3 is 5.11 Å². The molecule has 0 amide bonds. The Bertz CT molecular complexity index is 374. The minimum atomic E-state index is -5.54. The van der Waals surface area contributed by atoms with Gasteiger partial charge in [-0.3, -0.25) is 4.79 Å². The SMILES string of the molecule is CC1(C)C(C=C(C(F)(F)F)C(F)(F)F)C1C(=O)O. The average molecular weight is 276 g/mol. The van der Waals surface area contributed by atoms with Crippen LogP contribution in [0.25, 0.3) is 0 Å². The van der Waals surface area contributed by atoms with Crippen molar-refractivity contribution in [1.29, 1.82) is 0 Å². The summed E-state index contributed by atoms with van der Waals surface area (Å²) in [5.41, 5.74) is -3.75. The molecule has 0 heterocycles. The van der Waals surface area contributed by atoms with Crippen molar-refractivity contribution in [2.45, 2.75) is 26.2 Å². The van der Waals surface area contributed by atoms with Gasteiger partial charge in [0.1, 0.15) is 5.57 Å². The summed E-state index contributed by atoms with van der Waals surface area (Å²) in [5, 5.41) is 8.69. The van der Waals surface area contributed by atoms with Crippen molar-refractivity contribution < 1.29 is 36.2 Å². The smallest absolute Gasteiger partial charge is 0.421 e. The summed E-state index contributed by atoms with van der Waals surface area (Å²) < 4.78 is 73.5. The zero-order valence-electron chi connectivity index (χ0n) is 9.36. The van der Waals surface area contributed by atoms with E-state index in [-0.39, 0.29) is 6.08 Å². The van der Waals surface area contributed by atoms with Gasteiger partial charge in [-0.25, -0.2) is 0 Å². The summed E-state index contributed by atoms with van der Waals surface area (Å²) in [6.45, 7) is 2.63. The number of halogens is 6. The molecule has 104 valence electrons. The molecular weight excluding hydrogens is 266 g/mol. The van der Waals surface area contributed by atoms with Gasteiger partial charge in [0.25, 0.3) is 0 Å². The number of hydrogen-bond donors (Lipinski definition) is 1. The summed E-state index contributed by atoms with van der Waals surface area (Å²) in [6, 6.07) is 0. The van der Waals surface area contributed by atoms with Gasteiger partial charge in [0.15, 0.2) is 0 Å². The molecule has 0 aromatic carbocycles. The number of rotatable bonds is 2. The molecular formula is C10H10F6O2. The minimum Gasteiger partial charge on any atom is -0.481 e. The van der Waals surface area contributed by atoms with Gasteiger partial charge in [-0.2, -0.15) is 26.3 Å². The van der Waals surface area contributed by atoms with E-state index < -0.39 is 41.1 Å². The molecule has 2 unspecified atom stereocenters. The number of allylic oxidation sites excluding steroid dienone is 2. The first-order valence-electron chi connectivity index (χ1n) is 4.88. The summed E-state index contributed by atoms with van der Waals surface area (Å²) in [6.07, 6.45) is -11.1. The Morgan fingerprint density at radius 2 is 1.50 bits per heavy atom. The number of hydrogen-bond acceptors (Lipinski definition) is 1. The standard InChI is InChI=1S/C10H10F6O2/c1-8(2)4(6(8)7(17)18)3-5(9(11,12)13)10(14,15)16/h3-4,6H,1-2H3,(H,17,18). The monoisotopic (exact) mass is 276 g/mol. The summed E-state index contributed by atoms with van der Waals surface area (Å²) >= 11 is 0. The summed E-state index contributed by atoms with van der Waals surface area (Å²) in [4.78, 5) is 10.7. The molecule has 2 atom stereocenters. The highest BCUT2D eigenvalue weighted by molar-refractivity contribution is 5.76. The van der Waals surface area contributed by atoms with Crippen LogP contribution in [0.15, 0.2) is 11.6 Å². The van der Waals surface area contributed by atoms with Crippen LogP contribution in [0.3, 0.4) is 0 Å². The maximum Gasteiger partial charge on any atom is 0.421 e. The van der Waals surface area contributed by atoms with Gasteiger partial charge in [0, 0.05) is 0 Å². The third kappa shape index (κ3) is 2.62. The molecule has 0 bridgehead atoms. The Balaban J connectivity index is 3.11. The molecule has 0 aromatic heterocycles. The minimum absolute atomic E-state index is 0.0151. The molecule has 0 aliphatic heterocycles. The molecule has 0 aromatic rings. The lowest BCUT2D eigenvalue weighted by Crippen LogP contribution is -2.26. The van der Waals surface area contributed by atoms with Crippen LogP contribution in [0.5, 0.6) is 0 Å². The second-order valence-electron chi connectivity index (χ2n) is 4.74. The molecule has 0 spiro atoms. The van der Waals surface area contributed by atoms with E-state index in [0.717, 1.165) is 0 Å². The molecule has 1 aliphatic carbocycles. The maximum atomic E-state index is 12.2. The quantitative estimate of drug-likeness (QED) is 0.620. The van der Waals surface area contributed by atoms with Gasteiger partial charge >= 0.3 is 18.3 Å². The van der Waals surface area contributed by atoms with Crippen LogP contribution in [0, 0.1) is 17.3 Å². The van der Waals surface area contributed by atoms with Gasteiger partial charge in [-0.1, -0.05) is 19.9 Å². The van der Waals surface area contributed by atoms with Crippen LogP contribution in [0.2, 0.25) is 0 Å². The summed E-state index contributed by atoms with van der Waals surface area (Å²) in [7, 11) is 0. The van der Waals surface area contributed by atoms with E-state index in [4.69, 9.17) is 5.11 Å². The topological polar surface area (TPSA) is 37.3 Å². The van der Waals surface area contributed by atoms with Crippen molar-refractivity contribution in [3.8, 4) is 0 Å². The van der Waals surface area contributed by atoms with Crippen LogP contribution in [-0.2, 0) is 4.79 Å². The molecule has 2 nitrogen and oxygen atoms in total. The van der Waals surface area contributed by atoms with Crippen molar-refractivity contribution in [2.24, 2.45) is 17.3 Å². The lowest BCUT2D eigenvalue weighted by atomic mass is 10.1. The zero-order chi connectivity index (χ0) is 14.5. The van der Waals surface area contributed by atoms with Crippen molar-refractivity contribution >= 4 is 5.97 Å². The Morgan fingerprint density at radius 1 is 1.11 bits per heavy atom. The van der Waals surface area contributed by atoms with Crippen LogP contribution in [0.1, 0.15) is 13.8 Å². The Morgan fingerprint density at radius 3 is 1.72 bits per heavy atom. The molecule has 8 heteroatoms. The third-order valence-electron chi connectivity index (χ3n) is 3.13. The number of alkyl halides is 6. The van der Waals surface area contributed by atoms with Crippen molar-refractivity contribution in [2.75, 3.05) is 0 Å². The first-order chi connectivity index (χ1) is 7.79. The van der Waals surface area contributed by atoms with Gasteiger partial charge in [0.05, 0.1) is 5.92 Å².